The molecule has 0 saturated carbocycles. The van der Waals surface area contributed by atoms with Gasteiger partial charge in [-0.2, -0.15) is 18.4 Å². The second kappa shape index (κ2) is 8.57. The van der Waals surface area contributed by atoms with E-state index >= 15 is 0 Å². The van der Waals surface area contributed by atoms with Gasteiger partial charge in [-0.3, -0.25) is 4.79 Å². The van der Waals surface area contributed by atoms with E-state index in [1.165, 1.54) is 36.7 Å². The molecule has 0 aliphatic carbocycles. The van der Waals surface area contributed by atoms with Crippen LogP contribution in [0.1, 0.15) is 27.2 Å². The van der Waals surface area contributed by atoms with Gasteiger partial charge in [0.1, 0.15) is 5.82 Å². The third-order valence-corrected chi connectivity index (χ3v) is 3.99. The van der Waals surface area contributed by atoms with Crippen molar-refractivity contribution in [3.05, 3.63) is 83.1 Å². The highest BCUT2D eigenvalue weighted by Crippen LogP contribution is 2.33. The Morgan fingerprint density at radius 3 is 2.43 bits per heavy atom. The topological polar surface area (TPSA) is 90.7 Å². The Labute approximate surface area is 168 Å². The molecule has 3 rings (SSSR count). The van der Waals surface area contributed by atoms with E-state index in [1.807, 2.05) is 0 Å². The second-order valence-electron chi connectivity index (χ2n) is 6.06. The fraction of sp³-hybridized carbons (Fsp3) is 0.100. The minimum atomic E-state index is -4.75. The van der Waals surface area contributed by atoms with E-state index in [0.29, 0.717) is 6.07 Å². The molecule has 1 amide bonds. The van der Waals surface area contributed by atoms with Gasteiger partial charge >= 0.3 is 6.18 Å². The van der Waals surface area contributed by atoms with Crippen LogP contribution in [0.5, 0.6) is 0 Å². The Bertz CT molecular complexity index is 1110. The molecule has 1 aromatic heterocycles. The molecule has 3 aromatic rings. The summed E-state index contributed by atoms with van der Waals surface area (Å²) in [6.07, 6.45) is -2.15. The maximum atomic E-state index is 13.1. The second-order valence-corrected chi connectivity index (χ2v) is 6.06. The first-order chi connectivity index (χ1) is 14.3. The summed E-state index contributed by atoms with van der Waals surface area (Å²) in [4.78, 5) is 20.5. The van der Waals surface area contributed by atoms with Crippen LogP contribution in [0.15, 0.2) is 54.9 Å². The zero-order valence-corrected chi connectivity index (χ0v) is 15.2. The molecule has 0 atom stereocenters. The van der Waals surface area contributed by atoms with Crippen LogP contribution in [0, 0.1) is 17.1 Å². The van der Waals surface area contributed by atoms with Gasteiger partial charge in [0, 0.05) is 24.6 Å². The van der Waals surface area contributed by atoms with Crippen LogP contribution in [0.4, 0.5) is 29.1 Å². The lowest BCUT2D eigenvalue weighted by Gasteiger charge is -2.13. The highest BCUT2D eigenvalue weighted by molar-refractivity contribution is 6.06. The number of carbonyl (C=O) groups is 1. The molecule has 6 nitrogen and oxygen atoms in total. The molecule has 2 N–H and O–H groups in total. The predicted molar refractivity (Wildman–Crippen MR) is 99.9 cm³/mol. The van der Waals surface area contributed by atoms with Crippen molar-refractivity contribution in [2.45, 2.75) is 12.7 Å². The van der Waals surface area contributed by atoms with E-state index < -0.39 is 23.2 Å². The molecule has 152 valence electrons. The van der Waals surface area contributed by atoms with E-state index in [-0.39, 0.29) is 29.6 Å². The average molecular weight is 415 g/mol. The van der Waals surface area contributed by atoms with Crippen molar-refractivity contribution in [1.29, 1.82) is 5.26 Å². The van der Waals surface area contributed by atoms with Crippen LogP contribution in [0.3, 0.4) is 0 Å². The van der Waals surface area contributed by atoms with Crippen molar-refractivity contribution >= 4 is 17.4 Å². The standard InChI is InChI=1S/C20H13F4N5O/c21-14-4-1-12(2-5-14)11-28-18-17(26-7-8-27-18)19(30)29-15-6-3-13(10-25)16(9-15)20(22,23)24/h1-9H,11H2,(H,27,28)(H,29,30). The Balaban J connectivity index is 1.79. The number of nitriles is 1. The van der Waals surface area contributed by atoms with Crippen LogP contribution in [-0.4, -0.2) is 15.9 Å². The molecule has 0 saturated heterocycles. The summed E-state index contributed by atoms with van der Waals surface area (Å²) in [5.41, 5.74) is -1.28. The number of nitrogens with zero attached hydrogens (tertiary/aromatic N) is 3. The van der Waals surface area contributed by atoms with Gasteiger partial charge in [0.15, 0.2) is 11.5 Å². The maximum absolute atomic E-state index is 13.1. The number of aromatic nitrogens is 2. The quantitative estimate of drug-likeness (QED) is 0.604. The number of hydrogen-bond donors (Lipinski definition) is 2. The zero-order chi connectivity index (χ0) is 21.7. The first-order valence-corrected chi connectivity index (χ1v) is 8.50. The van der Waals surface area contributed by atoms with E-state index in [0.717, 1.165) is 11.6 Å². The number of alkyl halides is 3. The Kier molecular flexibility index (Phi) is 5.92. The van der Waals surface area contributed by atoms with E-state index in [2.05, 4.69) is 20.6 Å². The normalized spacial score (nSPS) is 10.9. The number of anilines is 2. The van der Waals surface area contributed by atoms with Crippen LogP contribution < -0.4 is 10.6 Å². The van der Waals surface area contributed by atoms with Gasteiger partial charge in [-0.05, 0) is 35.9 Å². The summed E-state index contributed by atoms with van der Waals surface area (Å²) in [5.74, 6) is -1.08. The first-order valence-electron chi connectivity index (χ1n) is 8.50. The number of carbonyl (C=O) groups excluding carboxylic acids is 1. The molecule has 0 fully saturated rings. The zero-order valence-electron chi connectivity index (χ0n) is 15.2. The number of rotatable bonds is 5. The Morgan fingerprint density at radius 1 is 1.07 bits per heavy atom. The van der Waals surface area contributed by atoms with Gasteiger partial charge in [-0.15, -0.1) is 0 Å². The number of hydrogen-bond acceptors (Lipinski definition) is 5. The lowest BCUT2D eigenvalue weighted by atomic mass is 10.1. The molecule has 0 aliphatic heterocycles. The largest absolute Gasteiger partial charge is 0.417 e. The molecule has 0 bridgehead atoms. The van der Waals surface area contributed by atoms with Crippen molar-refractivity contribution in [2.75, 3.05) is 10.6 Å². The lowest BCUT2D eigenvalue weighted by molar-refractivity contribution is -0.137. The summed E-state index contributed by atoms with van der Waals surface area (Å²) in [6, 6.07) is 9.98. The van der Waals surface area contributed by atoms with E-state index in [9.17, 15) is 22.4 Å². The Hall–Kier alpha value is -4.00. The van der Waals surface area contributed by atoms with Crippen molar-refractivity contribution < 1.29 is 22.4 Å². The number of amides is 1. The van der Waals surface area contributed by atoms with Crippen LogP contribution in [0.2, 0.25) is 0 Å². The summed E-state index contributed by atoms with van der Waals surface area (Å²) in [7, 11) is 0. The van der Waals surface area contributed by atoms with Gasteiger partial charge < -0.3 is 10.6 Å². The monoisotopic (exact) mass is 415 g/mol. The fourth-order valence-electron chi connectivity index (χ4n) is 2.57. The third-order valence-electron chi connectivity index (χ3n) is 3.99. The molecule has 0 radical (unpaired) electrons. The smallest absolute Gasteiger partial charge is 0.364 e. The summed E-state index contributed by atoms with van der Waals surface area (Å²) < 4.78 is 52.3. The molecule has 30 heavy (non-hydrogen) atoms. The predicted octanol–water partition coefficient (Wildman–Crippen LogP) is 4.37. The number of benzene rings is 2. The first kappa shape index (κ1) is 20.7. The molecule has 0 unspecified atom stereocenters. The van der Waals surface area contributed by atoms with Crippen molar-refractivity contribution in [1.82, 2.24) is 9.97 Å². The maximum Gasteiger partial charge on any atom is 0.417 e. The highest BCUT2D eigenvalue weighted by atomic mass is 19.4. The SMILES string of the molecule is N#Cc1ccc(NC(=O)c2nccnc2NCc2ccc(F)cc2)cc1C(F)(F)F. The van der Waals surface area contributed by atoms with Gasteiger partial charge in [0.05, 0.1) is 17.2 Å². The fourth-order valence-corrected chi connectivity index (χ4v) is 2.57. The summed E-state index contributed by atoms with van der Waals surface area (Å²) in [6.45, 7) is 0.217. The molecule has 1 heterocycles. The summed E-state index contributed by atoms with van der Waals surface area (Å²) >= 11 is 0. The van der Waals surface area contributed by atoms with Crippen molar-refractivity contribution in [3.8, 4) is 6.07 Å². The van der Waals surface area contributed by atoms with Gasteiger partial charge in [0.25, 0.3) is 5.91 Å². The van der Waals surface area contributed by atoms with Crippen molar-refractivity contribution in [3.63, 3.8) is 0 Å². The summed E-state index contributed by atoms with van der Waals surface area (Å²) in [5, 5.41) is 14.1. The molecule has 10 heteroatoms. The van der Waals surface area contributed by atoms with E-state index in [1.54, 1.807) is 12.1 Å². The molecule has 0 aliphatic rings. The number of nitrogens with one attached hydrogen (secondary N) is 2. The lowest BCUT2D eigenvalue weighted by Crippen LogP contribution is -2.18. The highest BCUT2D eigenvalue weighted by Gasteiger charge is 2.34. The molecule has 2 aromatic carbocycles. The van der Waals surface area contributed by atoms with Crippen LogP contribution in [-0.2, 0) is 12.7 Å². The van der Waals surface area contributed by atoms with Crippen molar-refractivity contribution in [2.24, 2.45) is 0 Å². The molecule has 0 spiro atoms. The minimum Gasteiger partial charge on any atom is -0.364 e. The molecular weight excluding hydrogens is 402 g/mol. The van der Waals surface area contributed by atoms with Gasteiger partial charge in [0.2, 0.25) is 0 Å². The minimum absolute atomic E-state index is 0.101. The van der Waals surface area contributed by atoms with Gasteiger partial charge in [-0.1, -0.05) is 12.1 Å². The number of halogens is 4. The third kappa shape index (κ3) is 4.88. The Morgan fingerprint density at radius 2 is 1.77 bits per heavy atom. The average Bonchev–Trinajstić information content (AvgIpc) is 2.73. The van der Waals surface area contributed by atoms with E-state index in [4.69, 9.17) is 5.26 Å². The van der Waals surface area contributed by atoms with Gasteiger partial charge in [-0.25, -0.2) is 14.4 Å². The van der Waals surface area contributed by atoms with Crippen LogP contribution in [0.25, 0.3) is 0 Å². The van der Waals surface area contributed by atoms with Crippen LogP contribution >= 0.6 is 0 Å². The molecular formula is C20H13F4N5O.